The molecule has 1 nitrogen and oxygen atoms in total. The Hall–Kier alpha value is -0.460. The van der Waals surface area contributed by atoms with Crippen molar-refractivity contribution in [3.8, 4) is 0 Å². The largest absolute Gasteiger partial charge is 0.386 e. The normalized spacial score (nSPS) is 30.8. The lowest BCUT2D eigenvalue weighted by molar-refractivity contribution is 0.103. The van der Waals surface area contributed by atoms with Gasteiger partial charge < -0.3 is 5.32 Å². The molecule has 1 heteroatoms. The second kappa shape index (κ2) is 4.19. The molecule has 1 N–H and O–H groups in total. The van der Waals surface area contributed by atoms with Crippen LogP contribution in [-0.2, 0) is 0 Å². The van der Waals surface area contributed by atoms with Crippen LogP contribution in [-0.4, -0.2) is 6.04 Å². The van der Waals surface area contributed by atoms with Gasteiger partial charge in [0.1, 0.15) is 0 Å². The van der Waals surface area contributed by atoms with E-state index in [0.717, 1.165) is 0 Å². The Morgan fingerprint density at radius 3 is 2.07 bits per heavy atom. The highest BCUT2D eigenvalue weighted by Crippen LogP contribution is 2.44. The monoisotopic (exact) mass is 209 g/mol. The quantitative estimate of drug-likeness (QED) is 0.729. The van der Waals surface area contributed by atoms with E-state index in [-0.39, 0.29) is 0 Å². The summed E-state index contributed by atoms with van der Waals surface area (Å²) < 4.78 is 0. The number of allylic oxidation sites excluding steroid dienone is 1. The summed E-state index contributed by atoms with van der Waals surface area (Å²) >= 11 is 0. The molecule has 0 saturated carbocycles. The van der Waals surface area contributed by atoms with E-state index in [1.807, 2.05) is 0 Å². The fourth-order valence-electron chi connectivity index (χ4n) is 3.25. The lowest BCUT2D eigenvalue weighted by atomic mass is 9.64. The zero-order valence-electron chi connectivity index (χ0n) is 11.2. The van der Waals surface area contributed by atoms with E-state index in [4.69, 9.17) is 0 Å². The van der Waals surface area contributed by atoms with Crippen molar-refractivity contribution >= 4 is 0 Å². The molecule has 1 rings (SSSR count). The third kappa shape index (κ3) is 2.56. The van der Waals surface area contributed by atoms with Crippen molar-refractivity contribution in [3.05, 3.63) is 12.3 Å². The van der Waals surface area contributed by atoms with Crippen molar-refractivity contribution in [2.24, 2.45) is 23.2 Å². The van der Waals surface area contributed by atoms with Crippen LogP contribution in [0, 0.1) is 23.2 Å². The lowest BCUT2D eigenvalue weighted by Gasteiger charge is -2.48. The second-order valence-electron chi connectivity index (χ2n) is 6.43. The third-order valence-electron chi connectivity index (χ3n) is 3.81. The predicted molar refractivity (Wildman–Crippen MR) is 67.6 cm³/mol. The molecule has 0 amide bonds. The minimum Gasteiger partial charge on any atom is -0.386 e. The van der Waals surface area contributed by atoms with E-state index >= 15 is 0 Å². The Balaban J connectivity index is 2.86. The topological polar surface area (TPSA) is 12.0 Å². The molecule has 15 heavy (non-hydrogen) atoms. The van der Waals surface area contributed by atoms with Gasteiger partial charge in [-0.1, -0.05) is 48.1 Å². The van der Waals surface area contributed by atoms with E-state index in [1.54, 1.807) is 0 Å². The molecule has 1 aliphatic heterocycles. The maximum Gasteiger partial charge on any atom is 0.0286 e. The van der Waals surface area contributed by atoms with Crippen LogP contribution < -0.4 is 5.32 Å². The summed E-state index contributed by atoms with van der Waals surface area (Å²) in [6.07, 6.45) is 1.26. The van der Waals surface area contributed by atoms with E-state index in [0.29, 0.717) is 29.2 Å². The number of rotatable bonds is 2. The summed E-state index contributed by atoms with van der Waals surface area (Å²) in [5.74, 6) is 1.97. The number of piperidine rings is 1. The van der Waals surface area contributed by atoms with E-state index in [2.05, 4.69) is 53.4 Å². The highest BCUT2D eigenvalue weighted by molar-refractivity contribution is 5.11. The number of hydrogen-bond donors (Lipinski definition) is 1. The van der Waals surface area contributed by atoms with Gasteiger partial charge in [-0.3, -0.25) is 0 Å². The van der Waals surface area contributed by atoms with Crippen molar-refractivity contribution in [2.45, 2.75) is 54.0 Å². The third-order valence-corrected chi connectivity index (χ3v) is 3.81. The van der Waals surface area contributed by atoms with Gasteiger partial charge in [-0.25, -0.2) is 0 Å². The van der Waals surface area contributed by atoms with Gasteiger partial charge in [0.25, 0.3) is 0 Å². The first-order chi connectivity index (χ1) is 6.75. The van der Waals surface area contributed by atoms with E-state index in [9.17, 15) is 0 Å². The van der Waals surface area contributed by atoms with Gasteiger partial charge in [-0.15, -0.1) is 0 Å². The minimum absolute atomic E-state index is 0.380. The molecular weight excluding hydrogens is 182 g/mol. The van der Waals surface area contributed by atoms with Crippen LogP contribution in [0.25, 0.3) is 0 Å². The molecule has 0 spiro atoms. The molecular formula is C14H27N. The summed E-state index contributed by atoms with van der Waals surface area (Å²) in [5.41, 5.74) is 1.63. The molecule has 88 valence electrons. The maximum atomic E-state index is 4.23. The predicted octanol–water partition coefficient (Wildman–Crippen LogP) is 3.82. The summed E-state index contributed by atoms with van der Waals surface area (Å²) in [6.45, 7) is 18.2. The Labute approximate surface area is 95.3 Å². The van der Waals surface area contributed by atoms with Crippen LogP contribution >= 0.6 is 0 Å². The fourth-order valence-corrected chi connectivity index (χ4v) is 3.25. The Morgan fingerprint density at radius 2 is 1.73 bits per heavy atom. The van der Waals surface area contributed by atoms with Crippen LogP contribution in [0.1, 0.15) is 48.0 Å². The number of hydrogen-bond acceptors (Lipinski definition) is 1. The van der Waals surface area contributed by atoms with Crippen LogP contribution in [0.3, 0.4) is 0 Å². The van der Waals surface area contributed by atoms with Crippen molar-refractivity contribution in [2.75, 3.05) is 0 Å². The van der Waals surface area contributed by atoms with Crippen LogP contribution in [0.5, 0.6) is 0 Å². The van der Waals surface area contributed by atoms with E-state index < -0.39 is 0 Å². The molecule has 1 fully saturated rings. The summed E-state index contributed by atoms with van der Waals surface area (Å²) in [4.78, 5) is 0. The molecule has 0 radical (unpaired) electrons. The molecule has 1 heterocycles. The Kier molecular flexibility index (Phi) is 3.52. The first kappa shape index (κ1) is 12.6. The van der Waals surface area contributed by atoms with Gasteiger partial charge >= 0.3 is 0 Å². The summed E-state index contributed by atoms with van der Waals surface area (Å²) in [6, 6.07) is 0.600. The van der Waals surface area contributed by atoms with Crippen molar-refractivity contribution in [3.63, 3.8) is 0 Å². The van der Waals surface area contributed by atoms with Crippen molar-refractivity contribution in [1.29, 1.82) is 0 Å². The molecule has 1 aliphatic rings. The molecule has 0 bridgehead atoms. The fraction of sp³-hybridized carbons (Fsp3) is 0.857. The molecule has 2 atom stereocenters. The lowest BCUT2D eigenvalue weighted by Crippen LogP contribution is -2.49. The van der Waals surface area contributed by atoms with E-state index in [1.165, 1.54) is 12.1 Å². The summed E-state index contributed by atoms with van der Waals surface area (Å²) in [7, 11) is 0. The zero-order chi connectivity index (χ0) is 11.8. The van der Waals surface area contributed by atoms with Gasteiger partial charge in [0.2, 0.25) is 0 Å². The molecule has 0 aromatic heterocycles. The van der Waals surface area contributed by atoms with Crippen molar-refractivity contribution in [1.82, 2.24) is 5.32 Å². The summed E-state index contributed by atoms with van der Waals surface area (Å²) in [5, 5.41) is 3.61. The highest BCUT2D eigenvalue weighted by atomic mass is 15.0. The molecule has 0 aliphatic carbocycles. The van der Waals surface area contributed by atoms with Crippen LogP contribution in [0.2, 0.25) is 0 Å². The van der Waals surface area contributed by atoms with Gasteiger partial charge in [-0.2, -0.15) is 0 Å². The van der Waals surface area contributed by atoms with Gasteiger partial charge in [0, 0.05) is 17.7 Å². The van der Waals surface area contributed by atoms with Crippen LogP contribution in [0.15, 0.2) is 12.3 Å². The van der Waals surface area contributed by atoms with Crippen molar-refractivity contribution < 1.29 is 0 Å². The smallest absolute Gasteiger partial charge is 0.0286 e. The molecule has 2 unspecified atom stereocenters. The van der Waals surface area contributed by atoms with Gasteiger partial charge in [0.05, 0.1) is 0 Å². The second-order valence-corrected chi connectivity index (χ2v) is 6.43. The SMILES string of the molecule is C=C1NC(C(C)C)CC(C)(C)C1C(C)C. The standard InChI is InChI=1S/C14H27N/c1-9(2)12-8-14(6,7)13(10(3)4)11(5)15-12/h9-10,12-13,15H,5,8H2,1-4,6-7H3. The first-order valence-electron chi connectivity index (χ1n) is 6.21. The van der Waals surface area contributed by atoms with Gasteiger partial charge in [0.15, 0.2) is 0 Å². The van der Waals surface area contributed by atoms with Crippen LogP contribution in [0.4, 0.5) is 0 Å². The molecule has 1 saturated heterocycles. The molecule has 0 aromatic carbocycles. The minimum atomic E-state index is 0.380. The highest BCUT2D eigenvalue weighted by Gasteiger charge is 2.40. The average molecular weight is 209 g/mol. The number of nitrogens with one attached hydrogen (secondary N) is 1. The first-order valence-corrected chi connectivity index (χ1v) is 6.21. The van der Waals surface area contributed by atoms with Gasteiger partial charge in [-0.05, 0) is 23.7 Å². The Morgan fingerprint density at radius 1 is 1.20 bits per heavy atom. The molecule has 0 aromatic rings. The Bertz CT molecular complexity index is 238. The zero-order valence-corrected chi connectivity index (χ0v) is 11.2. The average Bonchev–Trinajstić information content (AvgIpc) is 1.99. The maximum absolute atomic E-state index is 4.23.